The molecule has 108 valence electrons. The van der Waals surface area contributed by atoms with Gasteiger partial charge in [-0.1, -0.05) is 0 Å². The molecule has 1 rings (SSSR count). The van der Waals surface area contributed by atoms with Gasteiger partial charge in [-0.25, -0.2) is 9.55 Å². The molecule has 0 aliphatic rings. The molecule has 1 aromatic rings. The maximum absolute atomic E-state index is 10.9. The Labute approximate surface area is 118 Å². The molecule has 0 atom stereocenters. The quantitative estimate of drug-likeness (QED) is 0.236. The molecule has 0 fully saturated rings. The highest BCUT2D eigenvalue weighted by molar-refractivity contribution is 7.80. The summed E-state index contributed by atoms with van der Waals surface area (Å²) in [5, 5.41) is 14.5. The van der Waals surface area contributed by atoms with Crippen LogP contribution in [-0.2, 0) is 16.1 Å². The van der Waals surface area contributed by atoms with E-state index in [9.17, 15) is 14.9 Å². The van der Waals surface area contributed by atoms with Crippen LogP contribution in [-0.4, -0.2) is 38.4 Å². The summed E-state index contributed by atoms with van der Waals surface area (Å²) in [5.41, 5.74) is 7.48. The van der Waals surface area contributed by atoms with Crippen molar-refractivity contribution < 1.29 is 14.5 Å². The van der Waals surface area contributed by atoms with Crippen molar-refractivity contribution in [3.05, 3.63) is 22.1 Å². The number of nitrogens with zero attached hydrogens (tertiary/aromatic N) is 4. The number of hydrazone groups is 1. The fraction of sp³-hybridized carbons (Fsp3) is 0.333. The number of nitrogens with two attached hydrogens (primary N) is 1. The molecule has 0 spiro atoms. The van der Waals surface area contributed by atoms with E-state index in [2.05, 4.69) is 27.7 Å². The van der Waals surface area contributed by atoms with Crippen molar-refractivity contribution in [1.29, 1.82) is 0 Å². The van der Waals surface area contributed by atoms with Gasteiger partial charge in [0.15, 0.2) is 5.11 Å². The Morgan fingerprint density at radius 2 is 2.50 bits per heavy atom. The molecule has 11 heteroatoms. The zero-order valence-corrected chi connectivity index (χ0v) is 11.3. The molecule has 1 aromatic heterocycles. The summed E-state index contributed by atoms with van der Waals surface area (Å²) in [4.78, 5) is 24.8. The van der Waals surface area contributed by atoms with E-state index < -0.39 is 10.9 Å². The summed E-state index contributed by atoms with van der Waals surface area (Å²) in [7, 11) is 0. The van der Waals surface area contributed by atoms with Crippen molar-refractivity contribution in [1.82, 2.24) is 15.0 Å². The van der Waals surface area contributed by atoms with Gasteiger partial charge in [-0.05, 0) is 17.1 Å². The van der Waals surface area contributed by atoms with Gasteiger partial charge in [-0.3, -0.25) is 10.2 Å². The fourth-order valence-corrected chi connectivity index (χ4v) is 1.35. The average Bonchev–Trinajstić information content (AvgIpc) is 2.72. The second-order valence-corrected chi connectivity index (χ2v) is 3.90. The molecule has 0 amide bonds. The first-order valence-electron chi connectivity index (χ1n) is 5.33. The maximum Gasteiger partial charge on any atom is 0.343 e. The van der Waals surface area contributed by atoms with Crippen LogP contribution < -0.4 is 11.2 Å². The second kappa shape index (κ2) is 7.13. The third-order valence-corrected chi connectivity index (χ3v) is 2.12. The van der Waals surface area contributed by atoms with E-state index in [1.54, 1.807) is 0 Å². The first-order valence-corrected chi connectivity index (χ1v) is 5.74. The van der Waals surface area contributed by atoms with Crippen LogP contribution in [0.5, 0.6) is 0 Å². The van der Waals surface area contributed by atoms with Crippen LogP contribution in [0.25, 0.3) is 0 Å². The number of nitro groups is 1. The Morgan fingerprint density at radius 3 is 3.05 bits per heavy atom. The lowest BCUT2D eigenvalue weighted by atomic mass is 10.5. The Bertz CT molecular complexity index is 555. The van der Waals surface area contributed by atoms with Crippen molar-refractivity contribution in [2.75, 3.05) is 6.61 Å². The number of thiocarbonyl (C=S) groups is 1. The molecule has 0 saturated carbocycles. The monoisotopic (exact) mass is 300 g/mol. The third-order valence-electron chi connectivity index (χ3n) is 2.03. The number of carbonyl (C=O) groups is 1. The number of aromatic nitrogens is 2. The standard InChI is InChI=1S/C9H12N6O4S/c1-6(16)19-3-2-14-7(4-12-13-9(10)20)11-5-8(14)15(17)18/h4-5H,2-3H2,1H3,(H3,10,13,20)/b12-4+. The van der Waals surface area contributed by atoms with Gasteiger partial charge in [0.25, 0.3) is 0 Å². The highest BCUT2D eigenvalue weighted by atomic mass is 32.1. The summed E-state index contributed by atoms with van der Waals surface area (Å²) in [6.45, 7) is 1.30. The molecule has 20 heavy (non-hydrogen) atoms. The molecule has 0 aliphatic heterocycles. The van der Waals surface area contributed by atoms with Crippen LogP contribution in [0.15, 0.2) is 11.3 Å². The van der Waals surface area contributed by atoms with Crippen molar-refractivity contribution in [2.45, 2.75) is 13.5 Å². The molecule has 0 saturated heterocycles. The van der Waals surface area contributed by atoms with Gasteiger partial charge in [-0.15, -0.1) is 0 Å². The Hall–Kier alpha value is -2.56. The fourth-order valence-electron chi connectivity index (χ4n) is 1.29. The molecule has 10 nitrogen and oxygen atoms in total. The van der Waals surface area contributed by atoms with E-state index in [0.29, 0.717) is 0 Å². The van der Waals surface area contributed by atoms with Gasteiger partial charge in [-0.2, -0.15) is 5.10 Å². The summed E-state index contributed by atoms with van der Waals surface area (Å²) < 4.78 is 5.98. The molecular weight excluding hydrogens is 288 g/mol. The van der Waals surface area contributed by atoms with Crippen molar-refractivity contribution in [3.63, 3.8) is 0 Å². The molecule has 3 N–H and O–H groups in total. The number of nitrogens with one attached hydrogen (secondary N) is 1. The van der Waals surface area contributed by atoms with Crippen molar-refractivity contribution in [3.8, 4) is 0 Å². The number of rotatable bonds is 6. The third kappa shape index (κ3) is 4.61. The lowest BCUT2D eigenvalue weighted by Gasteiger charge is -2.03. The van der Waals surface area contributed by atoms with Crippen LogP contribution in [0.2, 0.25) is 0 Å². The predicted molar refractivity (Wildman–Crippen MR) is 73.0 cm³/mol. The van der Waals surface area contributed by atoms with Gasteiger partial charge in [0.2, 0.25) is 5.82 Å². The largest absolute Gasteiger partial charge is 0.462 e. The van der Waals surface area contributed by atoms with Crippen LogP contribution in [0.1, 0.15) is 12.7 Å². The molecule has 0 aliphatic carbocycles. The average molecular weight is 300 g/mol. The van der Waals surface area contributed by atoms with Gasteiger partial charge >= 0.3 is 11.8 Å². The van der Waals surface area contributed by atoms with Gasteiger partial charge in [0, 0.05) is 6.92 Å². The van der Waals surface area contributed by atoms with E-state index in [1.165, 1.54) is 17.7 Å². The first kappa shape index (κ1) is 15.5. The minimum Gasteiger partial charge on any atom is -0.462 e. The normalized spacial score (nSPS) is 10.4. The van der Waals surface area contributed by atoms with E-state index in [1.807, 2.05) is 0 Å². The molecular formula is C9H12N6O4S. The summed E-state index contributed by atoms with van der Waals surface area (Å²) in [6, 6.07) is 0. The van der Waals surface area contributed by atoms with Gasteiger partial charge < -0.3 is 20.6 Å². The lowest BCUT2D eigenvalue weighted by molar-refractivity contribution is -0.392. The second-order valence-electron chi connectivity index (χ2n) is 3.46. The number of hydrogen-bond donors (Lipinski definition) is 2. The predicted octanol–water partition coefficient (Wildman–Crippen LogP) is -0.478. The van der Waals surface area contributed by atoms with E-state index in [-0.39, 0.29) is 29.9 Å². The highest BCUT2D eigenvalue weighted by Crippen LogP contribution is 2.12. The first-order chi connectivity index (χ1) is 9.41. The number of imidazole rings is 1. The maximum atomic E-state index is 10.9. The smallest absolute Gasteiger partial charge is 0.343 e. The Balaban J connectivity index is 2.88. The van der Waals surface area contributed by atoms with Crippen LogP contribution in [0.4, 0.5) is 5.82 Å². The van der Waals surface area contributed by atoms with E-state index in [4.69, 9.17) is 10.5 Å². The Morgan fingerprint density at radius 1 is 1.80 bits per heavy atom. The summed E-state index contributed by atoms with van der Waals surface area (Å²) in [5.74, 6) is -0.514. The molecule has 1 heterocycles. The van der Waals surface area contributed by atoms with Crippen LogP contribution in [0, 0.1) is 10.1 Å². The SMILES string of the molecule is CC(=O)OCCn1c([N+](=O)[O-])cnc1/C=N/NC(N)=S. The molecule has 0 aromatic carbocycles. The number of hydrogen-bond acceptors (Lipinski definition) is 7. The Kier molecular flexibility index (Phi) is 5.53. The zero-order valence-electron chi connectivity index (χ0n) is 10.5. The topological polar surface area (TPSA) is 138 Å². The van der Waals surface area contributed by atoms with E-state index >= 15 is 0 Å². The zero-order chi connectivity index (χ0) is 15.1. The lowest BCUT2D eigenvalue weighted by Crippen LogP contribution is -2.24. The van der Waals surface area contributed by atoms with Gasteiger partial charge in [0.05, 0.1) is 0 Å². The number of esters is 1. The minimum atomic E-state index is -0.598. The van der Waals surface area contributed by atoms with Gasteiger partial charge in [0.1, 0.15) is 25.6 Å². The number of carbonyl (C=O) groups excluding carboxylic acids is 1. The summed E-state index contributed by atoms with van der Waals surface area (Å²) in [6.07, 6.45) is 2.30. The van der Waals surface area contributed by atoms with Crippen molar-refractivity contribution in [2.24, 2.45) is 10.8 Å². The molecule has 0 unspecified atom stereocenters. The molecule has 0 bridgehead atoms. The minimum absolute atomic E-state index is 0.0178. The van der Waals surface area contributed by atoms with Crippen LogP contribution in [0.3, 0.4) is 0 Å². The highest BCUT2D eigenvalue weighted by Gasteiger charge is 2.19. The van der Waals surface area contributed by atoms with Crippen LogP contribution >= 0.6 is 12.2 Å². The van der Waals surface area contributed by atoms with E-state index in [0.717, 1.165) is 6.20 Å². The van der Waals surface area contributed by atoms with Crippen molar-refractivity contribution >= 4 is 35.3 Å². The summed E-state index contributed by atoms with van der Waals surface area (Å²) >= 11 is 4.55. The number of ether oxygens (including phenoxy) is 1. The molecule has 0 radical (unpaired) electrons.